The van der Waals surface area contributed by atoms with Crippen LogP contribution in [0.1, 0.15) is 44.6 Å². The van der Waals surface area contributed by atoms with Gasteiger partial charge >= 0.3 is 0 Å². The number of para-hydroxylation sites is 1. The first-order valence-electron chi connectivity index (χ1n) is 8.38. The van der Waals surface area contributed by atoms with Crippen molar-refractivity contribution in [3.05, 3.63) is 29.8 Å². The molecule has 0 aromatic heterocycles. The first-order chi connectivity index (χ1) is 10.2. The van der Waals surface area contributed by atoms with Crippen molar-refractivity contribution in [1.82, 2.24) is 5.32 Å². The Morgan fingerprint density at radius 2 is 2.05 bits per heavy atom. The third kappa shape index (κ3) is 3.09. The summed E-state index contributed by atoms with van der Waals surface area (Å²) in [5, 5.41) is 13.6. The summed E-state index contributed by atoms with van der Waals surface area (Å²) >= 11 is 0. The first-order valence-corrected chi connectivity index (χ1v) is 8.38. The zero-order valence-corrected chi connectivity index (χ0v) is 13.3. The van der Waals surface area contributed by atoms with E-state index in [0.29, 0.717) is 12.1 Å². The van der Waals surface area contributed by atoms with Gasteiger partial charge in [0.2, 0.25) is 0 Å². The fourth-order valence-electron chi connectivity index (χ4n) is 3.86. The summed E-state index contributed by atoms with van der Waals surface area (Å²) in [4.78, 5) is 2.53. The predicted octanol–water partition coefficient (Wildman–Crippen LogP) is 2.86. The smallest absolute Gasteiger partial charge is 0.0614 e. The number of nitrogens with one attached hydrogen (secondary N) is 1. The Morgan fingerprint density at radius 3 is 2.67 bits per heavy atom. The van der Waals surface area contributed by atoms with E-state index in [4.69, 9.17) is 0 Å². The molecule has 21 heavy (non-hydrogen) atoms. The molecule has 0 amide bonds. The molecule has 2 N–H and O–H groups in total. The summed E-state index contributed by atoms with van der Waals surface area (Å²) in [5.74, 6) is 0. The highest BCUT2D eigenvalue weighted by Gasteiger charge is 2.43. The Balaban J connectivity index is 1.75. The topological polar surface area (TPSA) is 35.5 Å². The van der Waals surface area contributed by atoms with Gasteiger partial charge in [0.15, 0.2) is 0 Å². The number of aryl methyl sites for hydroxylation is 1. The molecule has 2 aliphatic carbocycles. The van der Waals surface area contributed by atoms with Gasteiger partial charge in [-0.05, 0) is 57.6 Å². The van der Waals surface area contributed by atoms with Crippen LogP contribution >= 0.6 is 0 Å². The largest absolute Gasteiger partial charge is 0.394 e. The van der Waals surface area contributed by atoms with Crippen molar-refractivity contribution in [1.29, 1.82) is 0 Å². The summed E-state index contributed by atoms with van der Waals surface area (Å²) in [7, 11) is 0. The highest BCUT2D eigenvalue weighted by atomic mass is 16.3. The van der Waals surface area contributed by atoms with Crippen molar-refractivity contribution >= 4 is 5.69 Å². The zero-order valence-electron chi connectivity index (χ0n) is 13.3. The molecule has 2 fully saturated rings. The predicted molar refractivity (Wildman–Crippen MR) is 87.8 cm³/mol. The maximum absolute atomic E-state index is 9.91. The molecule has 0 heterocycles. The lowest BCUT2D eigenvalue weighted by molar-refractivity contribution is 0.161. The Kier molecular flexibility index (Phi) is 4.23. The Hall–Kier alpha value is -1.06. The third-order valence-electron chi connectivity index (χ3n) is 5.18. The number of benzene rings is 1. The summed E-state index contributed by atoms with van der Waals surface area (Å²) in [5.41, 5.74) is 2.66. The number of aliphatic hydroxyl groups is 1. The summed E-state index contributed by atoms with van der Waals surface area (Å²) < 4.78 is 0. The van der Waals surface area contributed by atoms with Crippen molar-refractivity contribution in [2.45, 2.75) is 63.6 Å². The van der Waals surface area contributed by atoms with Gasteiger partial charge in [-0.15, -0.1) is 0 Å². The van der Waals surface area contributed by atoms with Crippen LogP contribution in [0.5, 0.6) is 0 Å². The van der Waals surface area contributed by atoms with Crippen LogP contribution in [0.25, 0.3) is 0 Å². The maximum Gasteiger partial charge on any atom is 0.0614 e. The standard InChI is InChI=1S/C18H28N2O/c1-3-20(17-7-5-4-6-14(17)2)16-10-11-18(12-16,13-21)19-15-8-9-15/h4-7,15-16,19,21H,3,8-13H2,1-2H3. The molecule has 0 aliphatic heterocycles. The number of aliphatic hydroxyl groups excluding tert-OH is 1. The fourth-order valence-corrected chi connectivity index (χ4v) is 3.86. The molecule has 3 rings (SSSR count). The van der Waals surface area contributed by atoms with Crippen molar-refractivity contribution in [2.24, 2.45) is 0 Å². The first kappa shape index (κ1) is 14.9. The van der Waals surface area contributed by atoms with Crippen LogP contribution in [0.4, 0.5) is 5.69 Å². The maximum atomic E-state index is 9.91. The van der Waals surface area contributed by atoms with Crippen LogP contribution in [-0.4, -0.2) is 35.9 Å². The Labute approximate surface area is 128 Å². The van der Waals surface area contributed by atoms with Gasteiger partial charge in [-0.25, -0.2) is 0 Å². The van der Waals surface area contributed by atoms with Crippen molar-refractivity contribution in [3.63, 3.8) is 0 Å². The van der Waals surface area contributed by atoms with Crippen LogP contribution < -0.4 is 10.2 Å². The average molecular weight is 288 g/mol. The number of anilines is 1. The minimum atomic E-state index is -0.0397. The third-order valence-corrected chi connectivity index (χ3v) is 5.18. The normalized spacial score (nSPS) is 28.8. The van der Waals surface area contributed by atoms with Crippen molar-refractivity contribution in [3.8, 4) is 0 Å². The van der Waals surface area contributed by atoms with Gasteiger partial charge in [0.05, 0.1) is 6.61 Å². The van der Waals surface area contributed by atoms with Gasteiger partial charge in [-0.2, -0.15) is 0 Å². The van der Waals surface area contributed by atoms with E-state index < -0.39 is 0 Å². The second-order valence-electron chi connectivity index (χ2n) is 6.83. The van der Waals surface area contributed by atoms with E-state index in [1.165, 1.54) is 30.5 Å². The molecular formula is C18H28N2O. The lowest BCUT2D eigenvalue weighted by atomic mass is 9.98. The fraction of sp³-hybridized carbons (Fsp3) is 0.667. The molecule has 0 spiro atoms. The molecule has 116 valence electrons. The molecule has 0 saturated heterocycles. The lowest BCUT2D eigenvalue weighted by Crippen LogP contribution is -2.49. The minimum Gasteiger partial charge on any atom is -0.394 e. The molecular weight excluding hydrogens is 260 g/mol. The Morgan fingerprint density at radius 1 is 1.29 bits per heavy atom. The summed E-state index contributed by atoms with van der Waals surface area (Å²) in [6.07, 6.45) is 5.88. The highest BCUT2D eigenvalue weighted by molar-refractivity contribution is 5.54. The molecule has 3 nitrogen and oxygen atoms in total. The zero-order chi connectivity index (χ0) is 14.9. The molecule has 2 saturated carbocycles. The van der Waals surface area contributed by atoms with E-state index in [9.17, 15) is 5.11 Å². The van der Waals surface area contributed by atoms with Crippen LogP contribution in [0.2, 0.25) is 0 Å². The monoisotopic (exact) mass is 288 g/mol. The molecule has 1 aromatic rings. The van der Waals surface area contributed by atoms with E-state index in [1.807, 2.05) is 0 Å². The van der Waals surface area contributed by atoms with Gasteiger partial charge < -0.3 is 15.3 Å². The van der Waals surface area contributed by atoms with Crippen LogP contribution in [-0.2, 0) is 0 Å². The lowest BCUT2D eigenvalue weighted by Gasteiger charge is -2.34. The molecule has 3 heteroatoms. The molecule has 0 radical (unpaired) electrons. The second-order valence-corrected chi connectivity index (χ2v) is 6.83. The van der Waals surface area contributed by atoms with Gasteiger partial charge in [0.25, 0.3) is 0 Å². The van der Waals surface area contributed by atoms with Crippen molar-refractivity contribution < 1.29 is 5.11 Å². The molecule has 2 unspecified atom stereocenters. The van der Waals surface area contributed by atoms with Gasteiger partial charge in [0, 0.05) is 29.9 Å². The van der Waals surface area contributed by atoms with E-state index in [0.717, 1.165) is 19.4 Å². The van der Waals surface area contributed by atoms with E-state index >= 15 is 0 Å². The quantitative estimate of drug-likeness (QED) is 0.845. The molecule has 2 atom stereocenters. The number of rotatable bonds is 6. The SMILES string of the molecule is CCN(c1ccccc1C)C1CCC(CO)(NC2CC2)C1. The van der Waals surface area contributed by atoms with E-state index in [-0.39, 0.29) is 12.1 Å². The number of nitrogens with zero attached hydrogens (tertiary/aromatic N) is 1. The number of hydrogen-bond donors (Lipinski definition) is 2. The van der Waals surface area contributed by atoms with Crippen molar-refractivity contribution in [2.75, 3.05) is 18.1 Å². The summed E-state index contributed by atoms with van der Waals surface area (Å²) in [6, 6.07) is 9.84. The second kappa shape index (κ2) is 5.98. The average Bonchev–Trinajstić information content (AvgIpc) is 3.21. The van der Waals surface area contributed by atoms with Gasteiger partial charge in [-0.1, -0.05) is 18.2 Å². The van der Waals surface area contributed by atoms with Crippen LogP contribution in [0.15, 0.2) is 24.3 Å². The van der Waals surface area contributed by atoms with Gasteiger partial charge in [-0.3, -0.25) is 0 Å². The number of hydrogen-bond acceptors (Lipinski definition) is 3. The summed E-state index contributed by atoms with van der Waals surface area (Å²) in [6.45, 7) is 5.72. The van der Waals surface area contributed by atoms with Crippen LogP contribution in [0.3, 0.4) is 0 Å². The highest BCUT2D eigenvalue weighted by Crippen LogP contribution is 2.38. The van der Waals surface area contributed by atoms with Crippen LogP contribution in [0, 0.1) is 6.92 Å². The minimum absolute atomic E-state index is 0.0397. The Bertz CT molecular complexity index is 486. The molecule has 0 bridgehead atoms. The molecule has 2 aliphatic rings. The van der Waals surface area contributed by atoms with E-state index in [1.54, 1.807) is 0 Å². The molecule has 1 aromatic carbocycles. The van der Waals surface area contributed by atoms with E-state index in [2.05, 4.69) is 48.3 Å². The van der Waals surface area contributed by atoms with Gasteiger partial charge in [0.1, 0.15) is 0 Å².